The Kier molecular flexibility index (Phi) is 4.94. The smallest absolute Gasteiger partial charge is 0.130 e. The van der Waals surface area contributed by atoms with Crippen LogP contribution < -0.4 is 10.6 Å². The Morgan fingerprint density at radius 3 is 2.43 bits per heavy atom. The first-order valence-electron chi connectivity index (χ1n) is 7.16. The molecule has 0 unspecified atom stereocenters. The summed E-state index contributed by atoms with van der Waals surface area (Å²) >= 11 is 0. The molecule has 0 radical (unpaired) electrons. The quantitative estimate of drug-likeness (QED) is 0.789. The molecule has 0 aliphatic rings. The second kappa shape index (κ2) is 6.70. The first kappa shape index (κ1) is 15.5. The number of aliphatic hydroxyl groups excluding tert-OH is 1. The monoisotopic (exact) mass is 285 g/mol. The summed E-state index contributed by atoms with van der Waals surface area (Å²) in [6, 6.07) is 15.5. The fourth-order valence-electron chi connectivity index (χ4n) is 1.88. The molecule has 2 aromatic rings. The number of aliphatic hydroxyl groups is 1. The minimum Gasteiger partial charge on any atom is -0.385 e. The number of aromatic nitrogens is 1. The van der Waals surface area contributed by atoms with Crippen molar-refractivity contribution in [3.8, 4) is 0 Å². The van der Waals surface area contributed by atoms with E-state index in [2.05, 4.69) is 36.4 Å². The number of nitrogens with zero attached hydrogens (tertiary/aromatic N) is 1. The molecular formula is C17H23N3O. The van der Waals surface area contributed by atoms with Crippen LogP contribution >= 0.6 is 0 Å². The van der Waals surface area contributed by atoms with Gasteiger partial charge in [-0.1, -0.05) is 24.3 Å². The maximum atomic E-state index is 10.2. The van der Waals surface area contributed by atoms with Crippen LogP contribution in [-0.2, 0) is 0 Å². The third-order valence-electron chi connectivity index (χ3n) is 2.98. The Bertz CT molecular complexity index is 564. The van der Waals surface area contributed by atoms with Gasteiger partial charge in [0.05, 0.1) is 5.69 Å². The van der Waals surface area contributed by atoms with Crippen molar-refractivity contribution in [2.45, 2.75) is 32.4 Å². The Labute approximate surface area is 126 Å². The molecule has 0 saturated heterocycles. The minimum absolute atomic E-state index is 0.0269. The topological polar surface area (TPSA) is 57.2 Å². The van der Waals surface area contributed by atoms with E-state index in [1.807, 2.05) is 48.5 Å². The van der Waals surface area contributed by atoms with Crippen molar-refractivity contribution in [3.63, 3.8) is 0 Å². The van der Waals surface area contributed by atoms with Crippen LogP contribution in [0.5, 0.6) is 0 Å². The number of pyridine rings is 1. The van der Waals surface area contributed by atoms with Crippen LogP contribution in [0.15, 0.2) is 48.5 Å². The molecule has 0 aliphatic carbocycles. The summed E-state index contributed by atoms with van der Waals surface area (Å²) in [4.78, 5) is 4.47. The van der Waals surface area contributed by atoms with Crippen LogP contribution in [0.4, 0.5) is 11.5 Å². The SMILES string of the molecule is CC(C)(C)NC[C@H](O)c1cccc(Nc2ccccc2)n1. The van der Waals surface area contributed by atoms with E-state index in [1.165, 1.54) is 0 Å². The van der Waals surface area contributed by atoms with Gasteiger partial charge in [-0.25, -0.2) is 4.98 Å². The molecule has 0 aliphatic heterocycles. The largest absolute Gasteiger partial charge is 0.385 e. The lowest BCUT2D eigenvalue weighted by molar-refractivity contribution is 0.159. The molecule has 0 bridgehead atoms. The minimum atomic E-state index is -0.623. The van der Waals surface area contributed by atoms with Crippen LogP contribution in [0.1, 0.15) is 32.6 Å². The average molecular weight is 285 g/mol. The van der Waals surface area contributed by atoms with Gasteiger partial charge < -0.3 is 15.7 Å². The molecule has 4 nitrogen and oxygen atoms in total. The van der Waals surface area contributed by atoms with E-state index >= 15 is 0 Å². The molecule has 0 spiro atoms. The van der Waals surface area contributed by atoms with Gasteiger partial charge in [0, 0.05) is 17.8 Å². The summed E-state index contributed by atoms with van der Waals surface area (Å²) in [6.07, 6.45) is -0.623. The number of anilines is 2. The average Bonchev–Trinajstić information content (AvgIpc) is 2.45. The van der Waals surface area contributed by atoms with Crippen molar-refractivity contribution in [1.29, 1.82) is 0 Å². The molecule has 0 amide bonds. The molecule has 1 aromatic carbocycles. The summed E-state index contributed by atoms with van der Waals surface area (Å²) in [7, 11) is 0. The zero-order chi connectivity index (χ0) is 15.3. The van der Waals surface area contributed by atoms with Crippen molar-refractivity contribution >= 4 is 11.5 Å². The maximum absolute atomic E-state index is 10.2. The summed E-state index contributed by atoms with van der Waals surface area (Å²) in [6.45, 7) is 6.69. The fourth-order valence-corrected chi connectivity index (χ4v) is 1.88. The summed E-state index contributed by atoms with van der Waals surface area (Å²) < 4.78 is 0. The number of β-amino-alcohol motifs (C(OH)–C–C–N with tert-alkyl or cyclic N) is 1. The molecule has 0 saturated carbocycles. The lowest BCUT2D eigenvalue weighted by Crippen LogP contribution is -2.38. The number of hydrogen-bond donors (Lipinski definition) is 3. The number of benzene rings is 1. The van der Waals surface area contributed by atoms with Gasteiger partial charge in [0.15, 0.2) is 0 Å². The van der Waals surface area contributed by atoms with E-state index in [0.29, 0.717) is 12.2 Å². The summed E-state index contributed by atoms with van der Waals surface area (Å²) in [5.41, 5.74) is 1.61. The van der Waals surface area contributed by atoms with Gasteiger partial charge in [-0.05, 0) is 45.0 Å². The van der Waals surface area contributed by atoms with Gasteiger partial charge in [-0.3, -0.25) is 0 Å². The van der Waals surface area contributed by atoms with E-state index < -0.39 is 6.10 Å². The number of hydrogen-bond acceptors (Lipinski definition) is 4. The zero-order valence-electron chi connectivity index (χ0n) is 12.8. The molecular weight excluding hydrogens is 262 g/mol. The van der Waals surface area contributed by atoms with Gasteiger partial charge in [-0.2, -0.15) is 0 Å². The van der Waals surface area contributed by atoms with Gasteiger partial charge in [0.2, 0.25) is 0 Å². The molecule has 4 heteroatoms. The second-order valence-electron chi connectivity index (χ2n) is 6.09. The number of rotatable bonds is 5. The highest BCUT2D eigenvalue weighted by Gasteiger charge is 2.14. The Balaban J connectivity index is 2.03. The lowest BCUT2D eigenvalue weighted by Gasteiger charge is -2.22. The summed E-state index contributed by atoms with van der Waals surface area (Å²) in [5, 5.41) is 16.7. The van der Waals surface area contributed by atoms with E-state index in [4.69, 9.17) is 0 Å². The van der Waals surface area contributed by atoms with Crippen molar-refractivity contribution in [2.75, 3.05) is 11.9 Å². The molecule has 1 atom stereocenters. The maximum Gasteiger partial charge on any atom is 0.130 e. The van der Waals surface area contributed by atoms with Crippen molar-refractivity contribution in [2.24, 2.45) is 0 Å². The Morgan fingerprint density at radius 1 is 1.05 bits per heavy atom. The first-order chi connectivity index (χ1) is 9.94. The fraction of sp³-hybridized carbons (Fsp3) is 0.353. The third kappa shape index (κ3) is 5.17. The van der Waals surface area contributed by atoms with Gasteiger partial charge >= 0.3 is 0 Å². The van der Waals surface area contributed by atoms with E-state index in [-0.39, 0.29) is 5.54 Å². The predicted molar refractivity (Wildman–Crippen MR) is 86.7 cm³/mol. The zero-order valence-corrected chi connectivity index (χ0v) is 12.8. The standard InChI is InChI=1S/C17H23N3O/c1-17(2,3)18-12-15(21)14-10-7-11-16(20-14)19-13-8-5-4-6-9-13/h4-11,15,18,21H,12H2,1-3H3,(H,19,20)/t15-/m0/s1. The molecule has 0 fully saturated rings. The van der Waals surface area contributed by atoms with Crippen LogP contribution in [0.3, 0.4) is 0 Å². The highest BCUT2D eigenvalue weighted by atomic mass is 16.3. The number of para-hydroxylation sites is 1. The van der Waals surface area contributed by atoms with Gasteiger partial charge in [0.1, 0.15) is 11.9 Å². The van der Waals surface area contributed by atoms with Crippen LogP contribution in [0, 0.1) is 0 Å². The highest BCUT2D eigenvalue weighted by molar-refractivity contribution is 5.55. The summed E-state index contributed by atoms with van der Waals surface area (Å²) in [5.74, 6) is 0.730. The molecule has 21 heavy (non-hydrogen) atoms. The Hall–Kier alpha value is -1.91. The van der Waals surface area contributed by atoms with Crippen molar-refractivity contribution in [3.05, 3.63) is 54.2 Å². The van der Waals surface area contributed by atoms with E-state index in [1.54, 1.807) is 0 Å². The molecule has 1 heterocycles. The second-order valence-corrected chi connectivity index (χ2v) is 6.09. The van der Waals surface area contributed by atoms with Crippen molar-refractivity contribution in [1.82, 2.24) is 10.3 Å². The molecule has 3 N–H and O–H groups in total. The lowest BCUT2D eigenvalue weighted by atomic mass is 10.1. The molecule has 2 rings (SSSR count). The normalized spacial score (nSPS) is 13.0. The molecule has 112 valence electrons. The van der Waals surface area contributed by atoms with Crippen molar-refractivity contribution < 1.29 is 5.11 Å². The van der Waals surface area contributed by atoms with Crippen LogP contribution in [0.25, 0.3) is 0 Å². The highest BCUT2D eigenvalue weighted by Crippen LogP contribution is 2.17. The van der Waals surface area contributed by atoms with Gasteiger partial charge in [-0.15, -0.1) is 0 Å². The number of nitrogens with one attached hydrogen (secondary N) is 2. The Morgan fingerprint density at radius 2 is 1.76 bits per heavy atom. The predicted octanol–water partition coefficient (Wildman–Crippen LogP) is 3.25. The van der Waals surface area contributed by atoms with Gasteiger partial charge in [0.25, 0.3) is 0 Å². The van der Waals surface area contributed by atoms with E-state index in [9.17, 15) is 5.11 Å². The van der Waals surface area contributed by atoms with Crippen LogP contribution in [0.2, 0.25) is 0 Å². The van der Waals surface area contributed by atoms with E-state index in [0.717, 1.165) is 11.5 Å². The molecule has 1 aromatic heterocycles. The van der Waals surface area contributed by atoms with Crippen LogP contribution in [-0.4, -0.2) is 22.2 Å². The third-order valence-corrected chi connectivity index (χ3v) is 2.98. The first-order valence-corrected chi connectivity index (χ1v) is 7.16.